The first-order valence-corrected chi connectivity index (χ1v) is 6.64. The van der Waals surface area contributed by atoms with E-state index in [9.17, 15) is 0 Å². The highest BCUT2D eigenvalue weighted by atomic mass is 15.0. The minimum Gasteiger partial charge on any atom is -0.305 e. The van der Waals surface area contributed by atoms with Gasteiger partial charge < -0.3 is 5.32 Å². The Bertz CT molecular complexity index is 522. The van der Waals surface area contributed by atoms with Gasteiger partial charge in [0.15, 0.2) is 0 Å². The third-order valence-corrected chi connectivity index (χ3v) is 2.92. The van der Waals surface area contributed by atoms with Gasteiger partial charge in [-0.2, -0.15) is 0 Å². The molecule has 1 atom stereocenters. The van der Waals surface area contributed by atoms with Gasteiger partial charge in [-0.25, -0.2) is 0 Å². The lowest BCUT2D eigenvalue weighted by Gasteiger charge is -2.18. The highest BCUT2D eigenvalue weighted by molar-refractivity contribution is 5.27. The smallest absolute Gasteiger partial charge is 0.0802 e. The molecule has 2 heterocycles. The summed E-state index contributed by atoms with van der Waals surface area (Å²) in [7, 11) is 0. The van der Waals surface area contributed by atoms with Crippen LogP contribution in [-0.4, -0.2) is 21.5 Å². The van der Waals surface area contributed by atoms with Crippen molar-refractivity contribution >= 4 is 0 Å². The molecule has 0 spiro atoms. The largest absolute Gasteiger partial charge is 0.305 e. The topological polar surface area (TPSA) is 50.7 Å². The first-order valence-electron chi connectivity index (χ1n) is 6.64. The van der Waals surface area contributed by atoms with Crippen LogP contribution in [0.2, 0.25) is 0 Å². The van der Waals surface area contributed by atoms with Crippen molar-refractivity contribution in [3.63, 3.8) is 0 Å². The maximum Gasteiger partial charge on any atom is 0.0802 e. The van der Waals surface area contributed by atoms with E-state index in [-0.39, 0.29) is 6.04 Å². The first kappa shape index (κ1) is 13.6. The summed E-state index contributed by atoms with van der Waals surface area (Å²) >= 11 is 0. The lowest BCUT2D eigenvalue weighted by Crippen LogP contribution is -2.24. The van der Waals surface area contributed by atoms with Crippen molar-refractivity contribution in [2.75, 3.05) is 6.54 Å². The average molecular weight is 256 g/mol. The van der Waals surface area contributed by atoms with Crippen molar-refractivity contribution in [2.24, 2.45) is 0 Å². The molecule has 0 bridgehead atoms. The predicted octanol–water partition coefficient (Wildman–Crippen LogP) is 2.58. The van der Waals surface area contributed by atoms with Gasteiger partial charge in [0.1, 0.15) is 0 Å². The Balaban J connectivity index is 2.32. The Morgan fingerprint density at radius 1 is 1.11 bits per heavy atom. The summed E-state index contributed by atoms with van der Waals surface area (Å²) in [6, 6.07) is 2.20. The third kappa shape index (κ3) is 3.58. The van der Waals surface area contributed by atoms with Crippen LogP contribution in [0.4, 0.5) is 0 Å². The molecule has 100 valence electrons. The molecule has 0 aliphatic heterocycles. The summed E-state index contributed by atoms with van der Waals surface area (Å²) in [5.74, 6) is 0. The molecule has 2 rings (SSSR count). The maximum absolute atomic E-state index is 4.48. The lowest BCUT2D eigenvalue weighted by atomic mass is 10.0. The number of rotatable bonds is 5. The number of hydrogen-bond acceptors (Lipinski definition) is 4. The second-order valence-corrected chi connectivity index (χ2v) is 4.77. The fraction of sp³-hybridized carbons (Fsp3) is 0.400. The van der Waals surface area contributed by atoms with Gasteiger partial charge in [0.2, 0.25) is 0 Å². The van der Waals surface area contributed by atoms with E-state index in [1.54, 1.807) is 6.20 Å². The van der Waals surface area contributed by atoms with E-state index < -0.39 is 0 Å². The molecule has 2 aromatic heterocycles. The summed E-state index contributed by atoms with van der Waals surface area (Å²) < 4.78 is 0. The minimum absolute atomic E-state index is 0.0560. The van der Waals surface area contributed by atoms with Crippen molar-refractivity contribution in [1.29, 1.82) is 0 Å². The minimum atomic E-state index is 0.0560. The third-order valence-electron chi connectivity index (χ3n) is 2.92. The molecule has 0 amide bonds. The van der Waals surface area contributed by atoms with Crippen LogP contribution in [-0.2, 0) is 0 Å². The standard InChI is InChI=1S/C15H20N4/c1-4-5-17-15(13-6-11(2)7-16-9-13)14-10-18-12(3)8-19-14/h6-10,15,17H,4-5H2,1-3H3. The summed E-state index contributed by atoms with van der Waals surface area (Å²) in [4.78, 5) is 13.1. The van der Waals surface area contributed by atoms with Gasteiger partial charge in [0, 0.05) is 18.6 Å². The number of pyridine rings is 1. The lowest BCUT2D eigenvalue weighted by molar-refractivity contribution is 0.582. The average Bonchev–Trinajstić information content (AvgIpc) is 2.41. The SMILES string of the molecule is CCCNC(c1cncc(C)c1)c1cnc(C)cn1. The highest BCUT2D eigenvalue weighted by Gasteiger charge is 2.15. The van der Waals surface area contributed by atoms with Crippen molar-refractivity contribution in [1.82, 2.24) is 20.3 Å². The quantitative estimate of drug-likeness (QED) is 0.893. The Morgan fingerprint density at radius 2 is 1.95 bits per heavy atom. The Kier molecular flexibility index (Phi) is 4.58. The molecule has 0 radical (unpaired) electrons. The van der Waals surface area contributed by atoms with Crippen LogP contribution in [0.15, 0.2) is 30.9 Å². The molecule has 0 saturated carbocycles. The van der Waals surface area contributed by atoms with Crippen LogP contribution in [0.3, 0.4) is 0 Å². The number of hydrogen-bond donors (Lipinski definition) is 1. The fourth-order valence-corrected chi connectivity index (χ4v) is 1.97. The van der Waals surface area contributed by atoms with E-state index in [0.717, 1.165) is 35.5 Å². The molecule has 0 aliphatic rings. The van der Waals surface area contributed by atoms with Gasteiger partial charge in [-0.15, -0.1) is 0 Å². The van der Waals surface area contributed by atoms with E-state index in [1.165, 1.54) is 0 Å². The fourth-order valence-electron chi connectivity index (χ4n) is 1.97. The van der Waals surface area contributed by atoms with E-state index in [1.807, 2.05) is 32.4 Å². The van der Waals surface area contributed by atoms with Gasteiger partial charge in [-0.3, -0.25) is 15.0 Å². The predicted molar refractivity (Wildman–Crippen MR) is 75.9 cm³/mol. The number of aromatic nitrogens is 3. The zero-order valence-electron chi connectivity index (χ0n) is 11.7. The van der Waals surface area contributed by atoms with Gasteiger partial charge in [0.05, 0.1) is 23.6 Å². The van der Waals surface area contributed by atoms with Crippen molar-refractivity contribution in [2.45, 2.75) is 33.2 Å². The van der Waals surface area contributed by atoms with E-state index >= 15 is 0 Å². The Hall–Kier alpha value is -1.81. The van der Waals surface area contributed by atoms with Gasteiger partial charge in [-0.1, -0.05) is 13.0 Å². The van der Waals surface area contributed by atoms with Crippen LogP contribution >= 0.6 is 0 Å². The van der Waals surface area contributed by atoms with Crippen molar-refractivity contribution in [3.05, 3.63) is 53.4 Å². The zero-order chi connectivity index (χ0) is 13.7. The van der Waals surface area contributed by atoms with Crippen molar-refractivity contribution < 1.29 is 0 Å². The number of nitrogens with zero attached hydrogens (tertiary/aromatic N) is 3. The van der Waals surface area contributed by atoms with E-state index in [2.05, 4.69) is 33.3 Å². The first-order chi connectivity index (χ1) is 9.20. The van der Waals surface area contributed by atoms with E-state index in [4.69, 9.17) is 0 Å². The molecule has 1 unspecified atom stereocenters. The van der Waals surface area contributed by atoms with Crippen LogP contribution in [0.1, 0.15) is 41.9 Å². The molecule has 1 N–H and O–H groups in total. The van der Waals surface area contributed by atoms with Crippen molar-refractivity contribution in [3.8, 4) is 0 Å². The number of aryl methyl sites for hydroxylation is 2. The molecule has 4 nitrogen and oxygen atoms in total. The summed E-state index contributed by atoms with van der Waals surface area (Å²) in [6.07, 6.45) is 8.47. The molecule has 0 aromatic carbocycles. The summed E-state index contributed by atoms with van der Waals surface area (Å²) in [5, 5.41) is 3.51. The van der Waals surface area contributed by atoms with Gasteiger partial charge in [-0.05, 0) is 37.9 Å². The van der Waals surface area contributed by atoms with E-state index in [0.29, 0.717) is 0 Å². The maximum atomic E-state index is 4.48. The Morgan fingerprint density at radius 3 is 2.58 bits per heavy atom. The van der Waals surface area contributed by atoms with Crippen LogP contribution in [0, 0.1) is 13.8 Å². The monoisotopic (exact) mass is 256 g/mol. The molecule has 19 heavy (non-hydrogen) atoms. The highest BCUT2D eigenvalue weighted by Crippen LogP contribution is 2.19. The van der Waals surface area contributed by atoms with Crippen LogP contribution in [0.25, 0.3) is 0 Å². The normalized spacial score (nSPS) is 12.4. The van der Waals surface area contributed by atoms with Gasteiger partial charge >= 0.3 is 0 Å². The molecular weight excluding hydrogens is 236 g/mol. The summed E-state index contributed by atoms with van der Waals surface area (Å²) in [6.45, 7) is 7.08. The Labute approximate surface area is 114 Å². The molecule has 4 heteroatoms. The zero-order valence-corrected chi connectivity index (χ0v) is 11.7. The molecule has 0 fully saturated rings. The molecule has 0 aliphatic carbocycles. The molecular formula is C15H20N4. The second kappa shape index (κ2) is 6.38. The second-order valence-electron chi connectivity index (χ2n) is 4.77. The molecule has 2 aromatic rings. The van der Waals surface area contributed by atoms with Crippen LogP contribution < -0.4 is 5.32 Å². The summed E-state index contributed by atoms with van der Waals surface area (Å²) in [5.41, 5.74) is 4.15. The molecule has 0 saturated heterocycles. The van der Waals surface area contributed by atoms with Crippen LogP contribution in [0.5, 0.6) is 0 Å². The van der Waals surface area contributed by atoms with Gasteiger partial charge in [0.25, 0.3) is 0 Å². The number of nitrogens with one attached hydrogen (secondary N) is 1.